The van der Waals surface area contributed by atoms with E-state index in [0.717, 1.165) is 16.7 Å². The van der Waals surface area contributed by atoms with Gasteiger partial charge in [0.15, 0.2) is 0 Å². The summed E-state index contributed by atoms with van der Waals surface area (Å²) < 4.78 is 17.6. The van der Waals surface area contributed by atoms with Crippen LogP contribution in [0.4, 0.5) is 4.79 Å². The Morgan fingerprint density at radius 3 is 2.30 bits per heavy atom. The van der Waals surface area contributed by atoms with Gasteiger partial charge in [0.1, 0.15) is 5.60 Å². The van der Waals surface area contributed by atoms with Gasteiger partial charge in [0.2, 0.25) is 0 Å². The lowest BCUT2D eigenvalue weighted by Gasteiger charge is -2.32. The first kappa shape index (κ1) is 21.4. The third-order valence-corrected chi connectivity index (χ3v) is 4.68. The van der Waals surface area contributed by atoms with Crippen molar-refractivity contribution in [3.63, 3.8) is 0 Å². The number of ether oxygens (including phenoxy) is 1. The Labute approximate surface area is 162 Å². The zero-order valence-corrected chi connectivity index (χ0v) is 17.7. The maximum atomic E-state index is 12.1. The zero-order valence-electron chi connectivity index (χ0n) is 17.7. The Morgan fingerprint density at radius 2 is 1.81 bits per heavy atom. The highest BCUT2D eigenvalue weighted by atomic mass is 16.7. The van der Waals surface area contributed by atoms with Crippen molar-refractivity contribution >= 4 is 19.3 Å². The number of aromatic nitrogens is 1. The SMILES string of the molecule is Cc1ccc(C=C(CNC(=O)OC(C)(C)C)B2OC(C)(C)C(C)(C)O2)cn1. The Hall–Kier alpha value is -1.86. The van der Waals surface area contributed by atoms with E-state index in [9.17, 15) is 4.79 Å². The van der Waals surface area contributed by atoms with Crippen molar-refractivity contribution in [1.29, 1.82) is 0 Å². The molecule has 148 valence electrons. The molecule has 1 aromatic rings. The number of aryl methyl sites for hydroxylation is 1. The van der Waals surface area contributed by atoms with Gasteiger partial charge in [-0.05, 0) is 72.5 Å². The fourth-order valence-corrected chi connectivity index (χ4v) is 2.46. The second kappa shape index (κ2) is 7.64. The monoisotopic (exact) mass is 374 g/mol. The number of pyridine rings is 1. The molecule has 2 heterocycles. The zero-order chi connectivity index (χ0) is 20.5. The first-order valence-electron chi connectivity index (χ1n) is 9.25. The first-order valence-corrected chi connectivity index (χ1v) is 9.25. The number of carbonyl (C=O) groups excluding carboxylic acids is 1. The largest absolute Gasteiger partial charge is 0.492 e. The summed E-state index contributed by atoms with van der Waals surface area (Å²) in [7, 11) is -0.564. The first-order chi connectivity index (χ1) is 12.3. The van der Waals surface area contributed by atoms with Crippen molar-refractivity contribution < 1.29 is 18.8 Å². The van der Waals surface area contributed by atoms with Crippen molar-refractivity contribution in [3.8, 4) is 0 Å². The van der Waals surface area contributed by atoms with Crippen LogP contribution in [-0.2, 0) is 14.0 Å². The predicted molar refractivity (Wildman–Crippen MR) is 107 cm³/mol. The van der Waals surface area contributed by atoms with E-state index in [1.165, 1.54) is 0 Å². The molecule has 6 nitrogen and oxygen atoms in total. The molecule has 0 aromatic carbocycles. The molecule has 0 unspecified atom stereocenters. The number of amides is 1. The molecule has 27 heavy (non-hydrogen) atoms. The third-order valence-electron chi connectivity index (χ3n) is 4.68. The van der Waals surface area contributed by atoms with Crippen LogP contribution < -0.4 is 5.32 Å². The molecule has 1 saturated heterocycles. The standard InChI is InChI=1S/C20H31BN2O4/c1-14-9-10-15(12-22-14)11-16(13-23-17(24)25-18(2,3)4)21-26-19(5,6)20(7,8)27-21/h9-12H,13H2,1-8H3,(H,23,24). The van der Waals surface area contributed by atoms with Crippen molar-refractivity contribution in [2.24, 2.45) is 0 Å². The van der Waals surface area contributed by atoms with Crippen LogP contribution >= 0.6 is 0 Å². The summed E-state index contributed by atoms with van der Waals surface area (Å²) in [4.78, 5) is 16.4. The molecule has 1 amide bonds. The summed E-state index contributed by atoms with van der Waals surface area (Å²) in [5, 5.41) is 2.79. The number of alkyl carbamates (subject to hydrolysis) is 1. The van der Waals surface area contributed by atoms with E-state index < -0.39 is 30.0 Å². The van der Waals surface area contributed by atoms with Crippen LogP contribution in [0, 0.1) is 6.92 Å². The second-order valence-electron chi connectivity index (χ2n) is 8.90. The number of hydrogen-bond donors (Lipinski definition) is 1. The van der Waals surface area contributed by atoms with Crippen molar-refractivity contribution in [2.45, 2.75) is 72.2 Å². The van der Waals surface area contributed by atoms with Gasteiger partial charge in [-0.3, -0.25) is 4.98 Å². The number of rotatable bonds is 4. The number of hydrogen-bond acceptors (Lipinski definition) is 5. The van der Waals surface area contributed by atoms with Gasteiger partial charge in [0.25, 0.3) is 0 Å². The van der Waals surface area contributed by atoms with Gasteiger partial charge in [-0.2, -0.15) is 0 Å². The summed E-state index contributed by atoms with van der Waals surface area (Å²) in [5.74, 6) is 0. The molecule has 1 aromatic heterocycles. The number of nitrogens with one attached hydrogen (secondary N) is 1. The van der Waals surface area contributed by atoms with Crippen molar-refractivity contribution in [1.82, 2.24) is 10.3 Å². The van der Waals surface area contributed by atoms with Crippen LogP contribution in [0.5, 0.6) is 0 Å². The Morgan fingerprint density at radius 1 is 1.22 bits per heavy atom. The lowest BCUT2D eigenvalue weighted by atomic mass is 9.77. The summed E-state index contributed by atoms with van der Waals surface area (Å²) >= 11 is 0. The van der Waals surface area contributed by atoms with E-state index in [1.54, 1.807) is 6.20 Å². The molecule has 1 fully saturated rings. The summed E-state index contributed by atoms with van der Waals surface area (Å²) in [6.45, 7) is 15.7. The van der Waals surface area contributed by atoms with Crippen LogP contribution in [0.1, 0.15) is 59.7 Å². The van der Waals surface area contributed by atoms with E-state index in [4.69, 9.17) is 14.0 Å². The highest BCUT2D eigenvalue weighted by Crippen LogP contribution is 2.38. The minimum Gasteiger partial charge on any atom is -0.444 e. The average molecular weight is 374 g/mol. The van der Waals surface area contributed by atoms with Gasteiger partial charge in [0.05, 0.1) is 11.2 Å². The number of nitrogens with zero attached hydrogens (tertiary/aromatic N) is 1. The summed E-state index contributed by atoms with van der Waals surface area (Å²) in [6, 6.07) is 3.91. The van der Waals surface area contributed by atoms with Crippen molar-refractivity contribution in [3.05, 3.63) is 35.1 Å². The normalized spacial score (nSPS) is 19.1. The highest BCUT2D eigenvalue weighted by molar-refractivity contribution is 6.56. The fourth-order valence-electron chi connectivity index (χ4n) is 2.46. The maximum Gasteiger partial charge on any atom is 0.492 e. The van der Waals surface area contributed by atoms with Crippen LogP contribution in [-0.4, -0.2) is 41.5 Å². The quantitative estimate of drug-likeness (QED) is 0.809. The highest BCUT2D eigenvalue weighted by Gasteiger charge is 2.52. The van der Waals surface area contributed by atoms with Gasteiger partial charge in [-0.15, -0.1) is 0 Å². The molecule has 0 radical (unpaired) electrons. The summed E-state index contributed by atoms with van der Waals surface area (Å²) in [6.07, 6.45) is 3.24. The van der Waals surface area contributed by atoms with E-state index in [2.05, 4.69) is 10.3 Å². The molecule has 2 rings (SSSR count). The molecule has 0 aliphatic carbocycles. The van der Waals surface area contributed by atoms with Gasteiger partial charge in [0, 0.05) is 18.4 Å². The minimum absolute atomic E-state index is 0.250. The maximum absolute atomic E-state index is 12.1. The second-order valence-corrected chi connectivity index (χ2v) is 8.90. The van der Waals surface area contributed by atoms with Crippen LogP contribution in [0.2, 0.25) is 0 Å². The molecule has 0 saturated carbocycles. The number of carbonyl (C=O) groups is 1. The molecule has 1 aliphatic rings. The Kier molecular flexibility index (Phi) is 6.07. The topological polar surface area (TPSA) is 69.7 Å². The average Bonchev–Trinajstić information content (AvgIpc) is 2.72. The van der Waals surface area contributed by atoms with Gasteiger partial charge in [-0.25, -0.2) is 4.79 Å². The summed E-state index contributed by atoms with van der Waals surface area (Å²) in [5.41, 5.74) is 1.17. The third kappa shape index (κ3) is 5.81. The lowest BCUT2D eigenvalue weighted by Crippen LogP contribution is -2.41. The van der Waals surface area contributed by atoms with E-state index >= 15 is 0 Å². The predicted octanol–water partition coefficient (Wildman–Crippen LogP) is 3.93. The van der Waals surface area contributed by atoms with Gasteiger partial charge >= 0.3 is 13.2 Å². The van der Waals surface area contributed by atoms with Crippen molar-refractivity contribution in [2.75, 3.05) is 6.54 Å². The molecule has 1 aliphatic heterocycles. The van der Waals surface area contributed by atoms with E-state index in [0.29, 0.717) is 0 Å². The van der Waals surface area contributed by atoms with Crippen LogP contribution in [0.15, 0.2) is 23.8 Å². The molecule has 1 N–H and O–H groups in total. The van der Waals surface area contributed by atoms with E-state index in [1.807, 2.05) is 73.6 Å². The van der Waals surface area contributed by atoms with E-state index in [-0.39, 0.29) is 6.54 Å². The molecule has 0 spiro atoms. The Balaban J connectivity index is 2.22. The van der Waals surface area contributed by atoms with Crippen LogP contribution in [0.3, 0.4) is 0 Å². The van der Waals surface area contributed by atoms with Crippen LogP contribution in [0.25, 0.3) is 6.08 Å². The van der Waals surface area contributed by atoms with Gasteiger partial charge < -0.3 is 19.4 Å². The molecule has 7 heteroatoms. The molecular formula is C20H31BN2O4. The molecule has 0 bridgehead atoms. The molecule has 0 atom stereocenters. The smallest absolute Gasteiger partial charge is 0.444 e. The minimum atomic E-state index is -0.564. The fraction of sp³-hybridized carbons (Fsp3) is 0.600. The molecular weight excluding hydrogens is 343 g/mol. The van der Waals surface area contributed by atoms with Gasteiger partial charge in [-0.1, -0.05) is 12.1 Å². The lowest BCUT2D eigenvalue weighted by molar-refractivity contribution is 0.00578. The Bertz CT molecular complexity index is 690.